The van der Waals surface area contributed by atoms with Crippen LogP contribution in [-0.2, 0) is 10.2 Å². The summed E-state index contributed by atoms with van der Waals surface area (Å²) in [6.45, 7) is 3.97. The quantitative estimate of drug-likeness (QED) is 0.374. The van der Waals surface area contributed by atoms with Crippen LogP contribution < -0.4 is 4.90 Å². The van der Waals surface area contributed by atoms with E-state index in [9.17, 15) is 9.90 Å². The van der Waals surface area contributed by atoms with E-state index in [2.05, 4.69) is 77.7 Å². The topological polar surface area (TPSA) is 43.8 Å². The molecule has 2 aliphatic heterocycles. The van der Waals surface area contributed by atoms with Gasteiger partial charge in [0.25, 0.3) is 0 Å². The number of hydrogen-bond acceptors (Lipinski definition) is 3. The average molecular weight is 483 g/mol. The number of piperidine rings is 1. The van der Waals surface area contributed by atoms with Crippen molar-refractivity contribution in [3.05, 3.63) is 102 Å². The minimum absolute atomic E-state index is 0.207. The Bertz CT molecular complexity index is 1130. The fourth-order valence-corrected chi connectivity index (χ4v) is 6.23. The maximum atomic E-state index is 14.3. The van der Waals surface area contributed by atoms with Crippen molar-refractivity contribution in [3.8, 4) is 0 Å². The van der Waals surface area contributed by atoms with Gasteiger partial charge in [-0.05, 0) is 86.8 Å². The zero-order valence-corrected chi connectivity index (χ0v) is 21.2. The van der Waals surface area contributed by atoms with Gasteiger partial charge in [0, 0.05) is 18.8 Å². The van der Waals surface area contributed by atoms with E-state index in [0.717, 1.165) is 62.1 Å². The van der Waals surface area contributed by atoms with Crippen molar-refractivity contribution in [1.29, 1.82) is 0 Å². The fourth-order valence-electron chi connectivity index (χ4n) is 6.23. The van der Waals surface area contributed by atoms with Crippen LogP contribution in [0.4, 0.5) is 5.69 Å². The molecular formula is C32H38N2O2. The van der Waals surface area contributed by atoms with Crippen LogP contribution in [0.1, 0.15) is 61.1 Å². The Labute approximate surface area is 215 Å². The van der Waals surface area contributed by atoms with Gasteiger partial charge in [-0.1, -0.05) is 78.9 Å². The molecule has 1 atom stereocenters. The number of aliphatic hydroxyl groups is 1. The summed E-state index contributed by atoms with van der Waals surface area (Å²) in [6.07, 6.45) is 5.74. The van der Waals surface area contributed by atoms with Gasteiger partial charge in [0.1, 0.15) is 5.41 Å². The average Bonchev–Trinajstić information content (AvgIpc) is 3.19. The maximum Gasteiger partial charge on any atom is 0.242 e. The summed E-state index contributed by atoms with van der Waals surface area (Å²) in [4.78, 5) is 18.9. The number of rotatable bonds is 10. The molecule has 1 amide bonds. The van der Waals surface area contributed by atoms with E-state index in [1.54, 1.807) is 0 Å². The lowest BCUT2D eigenvalue weighted by Crippen LogP contribution is -2.45. The Hall–Kier alpha value is -2.95. The third-order valence-corrected chi connectivity index (χ3v) is 8.23. The number of carbonyl (C=O) groups excluding carboxylic acids is 1. The number of hydrogen-bond donors (Lipinski definition) is 1. The van der Waals surface area contributed by atoms with Gasteiger partial charge < -0.3 is 14.9 Å². The number of aliphatic hydroxyl groups excluding tert-OH is 1. The summed E-state index contributed by atoms with van der Waals surface area (Å²) >= 11 is 0. The molecule has 188 valence electrons. The van der Waals surface area contributed by atoms with E-state index in [1.807, 2.05) is 17.0 Å². The van der Waals surface area contributed by atoms with Gasteiger partial charge in [-0.25, -0.2) is 0 Å². The Morgan fingerprint density at radius 2 is 1.44 bits per heavy atom. The molecule has 0 spiro atoms. The third kappa shape index (κ3) is 4.85. The van der Waals surface area contributed by atoms with Crippen molar-refractivity contribution < 1.29 is 9.90 Å². The number of anilines is 1. The number of nitrogens with zero attached hydrogens (tertiary/aromatic N) is 2. The molecule has 1 saturated heterocycles. The van der Waals surface area contributed by atoms with Gasteiger partial charge >= 0.3 is 0 Å². The highest BCUT2D eigenvalue weighted by molar-refractivity contribution is 6.10. The minimum Gasteiger partial charge on any atom is -0.396 e. The van der Waals surface area contributed by atoms with Crippen molar-refractivity contribution in [2.24, 2.45) is 0 Å². The van der Waals surface area contributed by atoms with E-state index in [0.29, 0.717) is 12.5 Å². The van der Waals surface area contributed by atoms with E-state index >= 15 is 0 Å². The summed E-state index contributed by atoms with van der Waals surface area (Å²) in [6, 6.07) is 29.7. The van der Waals surface area contributed by atoms with Gasteiger partial charge in [0.15, 0.2) is 0 Å². The van der Waals surface area contributed by atoms with Crippen LogP contribution in [0.3, 0.4) is 0 Å². The molecule has 36 heavy (non-hydrogen) atoms. The zero-order valence-electron chi connectivity index (χ0n) is 21.2. The zero-order chi connectivity index (χ0) is 24.8. The predicted molar refractivity (Wildman–Crippen MR) is 146 cm³/mol. The van der Waals surface area contributed by atoms with Crippen molar-refractivity contribution in [2.75, 3.05) is 37.7 Å². The van der Waals surface area contributed by atoms with Crippen molar-refractivity contribution in [2.45, 2.75) is 49.9 Å². The molecule has 0 saturated carbocycles. The molecule has 0 aliphatic carbocycles. The van der Waals surface area contributed by atoms with Gasteiger partial charge in [-0.3, -0.25) is 4.79 Å². The maximum absolute atomic E-state index is 14.3. The van der Waals surface area contributed by atoms with Gasteiger partial charge in [0.05, 0.1) is 0 Å². The predicted octanol–water partition coefficient (Wildman–Crippen LogP) is 5.75. The molecule has 3 aromatic carbocycles. The Morgan fingerprint density at radius 3 is 2.17 bits per heavy atom. The highest BCUT2D eigenvalue weighted by atomic mass is 16.3. The number of benzene rings is 3. The highest BCUT2D eigenvalue weighted by Gasteiger charge is 2.51. The molecule has 3 aromatic rings. The van der Waals surface area contributed by atoms with Crippen LogP contribution in [0.15, 0.2) is 84.9 Å². The Kier molecular flexibility index (Phi) is 7.84. The molecule has 0 aromatic heterocycles. The SMILES string of the molecule is O=C1N(CCCCCO)c2ccccc2C1(CCN1CCC(c2ccccc2)CC1)c1ccccc1. The number of unbranched alkanes of at least 4 members (excludes halogenated alkanes) is 2. The number of para-hydroxylation sites is 1. The van der Waals surface area contributed by atoms with Crippen LogP contribution in [0.5, 0.6) is 0 Å². The number of carbonyl (C=O) groups is 1. The monoisotopic (exact) mass is 482 g/mol. The van der Waals surface area contributed by atoms with Crippen LogP contribution >= 0.6 is 0 Å². The second-order valence-corrected chi connectivity index (χ2v) is 10.3. The number of fused-ring (bicyclic) bond motifs is 1. The van der Waals surface area contributed by atoms with Crippen molar-refractivity contribution >= 4 is 11.6 Å². The molecular weight excluding hydrogens is 444 g/mol. The molecule has 1 fully saturated rings. The Morgan fingerprint density at radius 1 is 0.778 bits per heavy atom. The van der Waals surface area contributed by atoms with Crippen LogP contribution in [0.2, 0.25) is 0 Å². The van der Waals surface area contributed by atoms with E-state index in [-0.39, 0.29) is 12.5 Å². The molecule has 1 unspecified atom stereocenters. The smallest absolute Gasteiger partial charge is 0.242 e. The Balaban J connectivity index is 1.37. The van der Waals surface area contributed by atoms with E-state index < -0.39 is 5.41 Å². The first-order valence-electron chi connectivity index (χ1n) is 13.6. The lowest BCUT2D eigenvalue weighted by molar-refractivity contribution is -0.122. The van der Waals surface area contributed by atoms with Crippen LogP contribution in [0, 0.1) is 0 Å². The van der Waals surface area contributed by atoms with E-state index in [1.165, 1.54) is 18.4 Å². The lowest BCUT2D eigenvalue weighted by Gasteiger charge is -2.36. The first-order chi connectivity index (χ1) is 17.7. The van der Waals surface area contributed by atoms with E-state index in [4.69, 9.17) is 0 Å². The molecule has 2 aliphatic rings. The molecule has 1 N–H and O–H groups in total. The third-order valence-electron chi connectivity index (χ3n) is 8.23. The summed E-state index contributed by atoms with van der Waals surface area (Å²) in [5, 5.41) is 9.19. The molecule has 4 heteroatoms. The summed E-state index contributed by atoms with van der Waals surface area (Å²) in [5.41, 5.74) is 4.10. The largest absolute Gasteiger partial charge is 0.396 e. The minimum atomic E-state index is -0.648. The normalized spacial score (nSPS) is 20.6. The second-order valence-electron chi connectivity index (χ2n) is 10.3. The van der Waals surface area contributed by atoms with Gasteiger partial charge in [-0.2, -0.15) is 0 Å². The molecule has 4 nitrogen and oxygen atoms in total. The molecule has 0 bridgehead atoms. The van der Waals surface area contributed by atoms with Crippen LogP contribution in [-0.4, -0.2) is 48.7 Å². The summed E-state index contributed by atoms with van der Waals surface area (Å²) < 4.78 is 0. The summed E-state index contributed by atoms with van der Waals surface area (Å²) in [7, 11) is 0. The standard InChI is InChI=1S/C32H38N2O2/c35-25-11-3-10-21-34-30-17-9-8-16-29(30)32(31(34)36,28-14-6-2-7-15-28)20-24-33-22-18-27(19-23-33)26-12-4-1-5-13-26/h1-2,4-9,12-17,27,35H,3,10-11,18-25H2. The number of likely N-dealkylation sites (tertiary alicyclic amines) is 1. The van der Waals surface area contributed by atoms with Crippen molar-refractivity contribution in [3.63, 3.8) is 0 Å². The first-order valence-corrected chi connectivity index (χ1v) is 13.6. The second kappa shape index (κ2) is 11.4. The van der Waals surface area contributed by atoms with Crippen LogP contribution in [0.25, 0.3) is 0 Å². The van der Waals surface area contributed by atoms with Gasteiger partial charge in [0.2, 0.25) is 5.91 Å². The lowest BCUT2D eigenvalue weighted by atomic mass is 9.72. The number of amides is 1. The highest BCUT2D eigenvalue weighted by Crippen LogP contribution is 2.48. The molecule has 0 radical (unpaired) electrons. The molecule has 2 heterocycles. The summed E-state index contributed by atoms with van der Waals surface area (Å²) in [5.74, 6) is 0.840. The molecule has 5 rings (SSSR count). The van der Waals surface area contributed by atoms with Crippen molar-refractivity contribution in [1.82, 2.24) is 4.90 Å². The fraction of sp³-hybridized carbons (Fsp3) is 0.406. The van der Waals surface area contributed by atoms with Gasteiger partial charge in [-0.15, -0.1) is 0 Å². The first kappa shape index (κ1) is 24.7.